The zero-order valence-corrected chi connectivity index (χ0v) is 20.9. The highest BCUT2D eigenvalue weighted by Crippen LogP contribution is 2.35. The SMILES string of the molecule is CC(C)N1CCN(c2cccc(-c3cnc4ccc(N5CCCC5c5cccc(F)c5)nn34)n2)CC1. The molecule has 4 aromatic rings. The molecule has 8 heteroatoms. The van der Waals surface area contributed by atoms with Gasteiger partial charge in [0.2, 0.25) is 0 Å². The van der Waals surface area contributed by atoms with Crippen LogP contribution in [-0.2, 0) is 0 Å². The van der Waals surface area contributed by atoms with Gasteiger partial charge < -0.3 is 9.80 Å². The Morgan fingerprint density at radius 3 is 2.56 bits per heavy atom. The van der Waals surface area contributed by atoms with E-state index in [1.54, 1.807) is 12.1 Å². The average molecular weight is 486 g/mol. The van der Waals surface area contributed by atoms with E-state index in [1.165, 1.54) is 6.07 Å². The van der Waals surface area contributed by atoms with Crippen LogP contribution in [-0.4, -0.2) is 63.2 Å². The second kappa shape index (κ2) is 9.50. The minimum atomic E-state index is -0.198. The number of halogens is 1. The molecule has 1 aromatic carbocycles. The Labute approximate surface area is 211 Å². The van der Waals surface area contributed by atoms with Crippen molar-refractivity contribution < 1.29 is 4.39 Å². The van der Waals surface area contributed by atoms with Crippen LogP contribution in [0.2, 0.25) is 0 Å². The molecule has 36 heavy (non-hydrogen) atoms. The quantitative estimate of drug-likeness (QED) is 0.405. The fourth-order valence-electron chi connectivity index (χ4n) is 5.50. The number of rotatable bonds is 5. The molecule has 2 aliphatic rings. The van der Waals surface area contributed by atoms with Gasteiger partial charge in [-0.1, -0.05) is 18.2 Å². The molecule has 1 atom stereocenters. The number of hydrogen-bond donors (Lipinski definition) is 0. The molecular weight excluding hydrogens is 453 g/mol. The Kier molecular flexibility index (Phi) is 6.05. The Balaban J connectivity index is 1.30. The van der Waals surface area contributed by atoms with Crippen LogP contribution < -0.4 is 9.80 Å². The van der Waals surface area contributed by atoms with Crippen LogP contribution in [0.5, 0.6) is 0 Å². The summed E-state index contributed by atoms with van der Waals surface area (Å²) in [6, 6.07) is 17.8. The minimum absolute atomic E-state index is 0.114. The molecule has 0 amide bonds. The third-order valence-electron chi connectivity index (χ3n) is 7.49. The van der Waals surface area contributed by atoms with Crippen LogP contribution in [0.4, 0.5) is 16.0 Å². The summed E-state index contributed by atoms with van der Waals surface area (Å²) in [5.74, 6) is 1.67. The summed E-state index contributed by atoms with van der Waals surface area (Å²) in [5, 5.41) is 4.99. The second-order valence-corrected chi connectivity index (χ2v) is 10.0. The fourth-order valence-corrected chi connectivity index (χ4v) is 5.50. The van der Waals surface area contributed by atoms with Crippen LogP contribution in [0.15, 0.2) is 60.8 Å². The number of benzene rings is 1. The fraction of sp³-hybridized carbons (Fsp3) is 0.393. The average Bonchev–Trinajstić information content (AvgIpc) is 3.56. The van der Waals surface area contributed by atoms with Gasteiger partial charge in [-0.25, -0.2) is 18.9 Å². The number of anilines is 2. The van der Waals surface area contributed by atoms with Gasteiger partial charge >= 0.3 is 0 Å². The predicted molar refractivity (Wildman–Crippen MR) is 141 cm³/mol. The number of piperazine rings is 1. The normalized spacial score (nSPS) is 19.1. The van der Waals surface area contributed by atoms with Crippen molar-refractivity contribution in [1.82, 2.24) is 24.5 Å². The smallest absolute Gasteiger partial charge is 0.154 e. The van der Waals surface area contributed by atoms with Crippen LogP contribution >= 0.6 is 0 Å². The van der Waals surface area contributed by atoms with Gasteiger partial charge in [-0.05, 0) is 68.7 Å². The third kappa shape index (κ3) is 4.30. The number of fused-ring (bicyclic) bond motifs is 1. The van der Waals surface area contributed by atoms with Crippen molar-refractivity contribution in [3.05, 3.63) is 72.2 Å². The van der Waals surface area contributed by atoms with Gasteiger partial charge in [0.25, 0.3) is 0 Å². The van der Waals surface area contributed by atoms with Gasteiger partial charge in [0.05, 0.1) is 17.9 Å². The summed E-state index contributed by atoms with van der Waals surface area (Å²) < 4.78 is 15.8. The van der Waals surface area contributed by atoms with Gasteiger partial charge in [0, 0.05) is 38.8 Å². The summed E-state index contributed by atoms with van der Waals surface area (Å²) in [5.41, 5.74) is 3.51. The zero-order valence-electron chi connectivity index (χ0n) is 20.9. The molecule has 2 aliphatic heterocycles. The monoisotopic (exact) mass is 485 g/mol. The molecule has 186 valence electrons. The summed E-state index contributed by atoms with van der Waals surface area (Å²) in [7, 11) is 0. The molecule has 0 saturated carbocycles. The molecule has 2 saturated heterocycles. The first-order chi connectivity index (χ1) is 17.6. The Hall–Kier alpha value is -3.52. The summed E-state index contributed by atoms with van der Waals surface area (Å²) in [6.07, 6.45) is 3.88. The molecule has 0 spiro atoms. The van der Waals surface area contributed by atoms with Crippen LogP contribution in [0, 0.1) is 5.82 Å². The van der Waals surface area contributed by atoms with E-state index in [9.17, 15) is 4.39 Å². The predicted octanol–water partition coefficient (Wildman–Crippen LogP) is 4.80. The van der Waals surface area contributed by atoms with Crippen molar-refractivity contribution in [3.63, 3.8) is 0 Å². The summed E-state index contributed by atoms with van der Waals surface area (Å²) >= 11 is 0. The van der Waals surface area contributed by atoms with E-state index in [2.05, 4.69) is 45.7 Å². The minimum Gasteiger partial charge on any atom is -0.354 e. The Morgan fingerprint density at radius 2 is 1.75 bits per heavy atom. The number of hydrogen-bond acceptors (Lipinski definition) is 6. The lowest BCUT2D eigenvalue weighted by Gasteiger charge is -2.37. The lowest BCUT2D eigenvalue weighted by Crippen LogP contribution is -2.49. The number of aromatic nitrogens is 4. The molecule has 6 rings (SSSR count). The maximum atomic E-state index is 13.9. The van der Waals surface area contributed by atoms with Crippen molar-refractivity contribution in [3.8, 4) is 11.4 Å². The van der Waals surface area contributed by atoms with Crippen LogP contribution in [0.25, 0.3) is 17.0 Å². The topological polar surface area (TPSA) is 52.8 Å². The van der Waals surface area contributed by atoms with E-state index in [0.29, 0.717) is 6.04 Å². The number of imidazole rings is 1. The molecule has 0 radical (unpaired) electrons. The van der Waals surface area contributed by atoms with Crippen LogP contribution in [0.1, 0.15) is 38.3 Å². The van der Waals surface area contributed by atoms with Gasteiger partial charge in [0.15, 0.2) is 5.65 Å². The third-order valence-corrected chi connectivity index (χ3v) is 7.49. The maximum absolute atomic E-state index is 13.9. The van der Waals surface area contributed by atoms with Gasteiger partial charge in [0.1, 0.15) is 23.1 Å². The van der Waals surface area contributed by atoms with Crippen molar-refractivity contribution in [2.24, 2.45) is 0 Å². The van der Waals surface area contributed by atoms with Gasteiger partial charge in [-0.2, -0.15) is 0 Å². The first-order valence-corrected chi connectivity index (χ1v) is 12.9. The van der Waals surface area contributed by atoms with E-state index >= 15 is 0 Å². The molecule has 0 aliphatic carbocycles. The lowest BCUT2D eigenvalue weighted by molar-refractivity contribution is 0.209. The first-order valence-electron chi connectivity index (χ1n) is 12.9. The van der Waals surface area contributed by atoms with E-state index in [0.717, 1.165) is 79.8 Å². The Morgan fingerprint density at radius 1 is 0.917 bits per heavy atom. The molecule has 2 fully saturated rings. The standard InChI is InChI=1S/C28H32FN7/c1-20(2)33-14-16-34(17-15-33)27-10-4-8-23(31-27)25-19-30-26-11-12-28(32-36(25)26)35-13-5-9-24(35)21-6-3-7-22(29)18-21/h3-4,6-8,10-12,18-20,24H,5,9,13-17H2,1-2H3. The highest BCUT2D eigenvalue weighted by Gasteiger charge is 2.28. The molecule has 0 bridgehead atoms. The van der Waals surface area contributed by atoms with Crippen molar-refractivity contribution >= 4 is 17.3 Å². The summed E-state index contributed by atoms with van der Waals surface area (Å²) in [4.78, 5) is 16.7. The molecule has 5 heterocycles. The number of pyridine rings is 1. The molecule has 7 nitrogen and oxygen atoms in total. The van der Waals surface area contributed by atoms with E-state index in [4.69, 9.17) is 10.1 Å². The maximum Gasteiger partial charge on any atom is 0.154 e. The lowest BCUT2D eigenvalue weighted by atomic mass is 10.0. The first kappa shape index (κ1) is 22.9. The molecule has 3 aromatic heterocycles. The van der Waals surface area contributed by atoms with Crippen molar-refractivity contribution in [2.45, 2.75) is 38.8 Å². The van der Waals surface area contributed by atoms with Crippen molar-refractivity contribution in [2.75, 3.05) is 42.5 Å². The zero-order chi connectivity index (χ0) is 24.6. The van der Waals surface area contributed by atoms with E-state index in [1.807, 2.05) is 35.0 Å². The largest absolute Gasteiger partial charge is 0.354 e. The second-order valence-electron chi connectivity index (χ2n) is 10.0. The molecular formula is C28H32FN7. The van der Waals surface area contributed by atoms with E-state index in [-0.39, 0.29) is 11.9 Å². The van der Waals surface area contributed by atoms with Gasteiger partial charge in [-0.3, -0.25) is 4.90 Å². The highest BCUT2D eigenvalue weighted by molar-refractivity contribution is 5.62. The number of nitrogens with zero attached hydrogens (tertiary/aromatic N) is 7. The molecule has 0 N–H and O–H groups in total. The van der Waals surface area contributed by atoms with Gasteiger partial charge in [-0.15, -0.1) is 5.10 Å². The van der Waals surface area contributed by atoms with Crippen molar-refractivity contribution in [1.29, 1.82) is 0 Å². The highest BCUT2D eigenvalue weighted by atomic mass is 19.1. The van der Waals surface area contributed by atoms with E-state index < -0.39 is 0 Å². The molecule has 1 unspecified atom stereocenters. The summed E-state index contributed by atoms with van der Waals surface area (Å²) in [6.45, 7) is 9.44. The Bertz CT molecular complexity index is 1360. The van der Waals surface area contributed by atoms with Crippen LogP contribution in [0.3, 0.4) is 0 Å².